The standard InChI is InChI=1S/C16H26N2/c1-4-7-14-10-11-16(17-12-14)18(3)15-9-6-5-8-13(15)2/h10-13,15H,4-9H2,1-3H3. The van der Waals surface area contributed by atoms with Crippen LogP contribution in [0.2, 0.25) is 0 Å². The molecule has 0 aromatic carbocycles. The molecule has 0 N–H and O–H groups in total. The first-order valence-electron chi connectivity index (χ1n) is 7.40. The molecule has 2 heteroatoms. The molecule has 18 heavy (non-hydrogen) atoms. The molecule has 0 radical (unpaired) electrons. The van der Waals surface area contributed by atoms with Crippen LogP contribution in [0.5, 0.6) is 0 Å². The summed E-state index contributed by atoms with van der Waals surface area (Å²) in [7, 11) is 2.20. The molecule has 1 heterocycles. The summed E-state index contributed by atoms with van der Waals surface area (Å²) in [4.78, 5) is 7.02. The summed E-state index contributed by atoms with van der Waals surface area (Å²) in [6.45, 7) is 4.59. The Bertz CT molecular complexity index is 358. The third-order valence-corrected chi connectivity index (χ3v) is 4.27. The molecule has 1 aromatic rings. The Morgan fingerprint density at radius 1 is 1.28 bits per heavy atom. The van der Waals surface area contributed by atoms with Crippen molar-refractivity contribution in [3.05, 3.63) is 23.9 Å². The van der Waals surface area contributed by atoms with Crippen molar-refractivity contribution in [2.24, 2.45) is 5.92 Å². The van der Waals surface area contributed by atoms with Gasteiger partial charge in [-0.3, -0.25) is 0 Å². The van der Waals surface area contributed by atoms with E-state index in [9.17, 15) is 0 Å². The number of hydrogen-bond acceptors (Lipinski definition) is 2. The number of rotatable bonds is 4. The Hall–Kier alpha value is -1.05. The first-order chi connectivity index (χ1) is 8.72. The normalized spacial score (nSPS) is 23.9. The fourth-order valence-corrected chi connectivity index (χ4v) is 3.10. The van der Waals surface area contributed by atoms with Gasteiger partial charge in [-0.2, -0.15) is 0 Å². The quantitative estimate of drug-likeness (QED) is 0.796. The predicted molar refractivity (Wildman–Crippen MR) is 78.1 cm³/mol. The van der Waals surface area contributed by atoms with Crippen LogP contribution in [0.4, 0.5) is 5.82 Å². The van der Waals surface area contributed by atoms with Crippen LogP contribution in [-0.4, -0.2) is 18.1 Å². The van der Waals surface area contributed by atoms with E-state index in [0.717, 1.165) is 18.2 Å². The van der Waals surface area contributed by atoms with Crippen molar-refractivity contribution >= 4 is 5.82 Å². The van der Waals surface area contributed by atoms with Crippen molar-refractivity contribution in [1.82, 2.24) is 4.98 Å². The van der Waals surface area contributed by atoms with Crippen LogP contribution in [0.25, 0.3) is 0 Å². The number of aryl methyl sites for hydroxylation is 1. The van der Waals surface area contributed by atoms with Gasteiger partial charge in [0.25, 0.3) is 0 Å². The van der Waals surface area contributed by atoms with Crippen LogP contribution >= 0.6 is 0 Å². The molecule has 2 nitrogen and oxygen atoms in total. The van der Waals surface area contributed by atoms with Gasteiger partial charge in [0.2, 0.25) is 0 Å². The molecule has 0 spiro atoms. The molecule has 1 saturated carbocycles. The fourth-order valence-electron chi connectivity index (χ4n) is 3.10. The lowest BCUT2D eigenvalue weighted by molar-refractivity contribution is 0.320. The van der Waals surface area contributed by atoms with Gasteiger partial charge >= 0.3 is 0 Å². The second kappa shape index (κ2) is 6.21. The van der Waals surface area contributed by atoms with Crippen LogP contribution in [-0.2, 0) is 6.42 Å². The highest BCUT2D eigenvalue weighted by Gasteiger charge is 2.25. The number of hydrogen-bond donors (Lipinski definition) is 0. The van der Waals surface area contributed by atoms with Gasteiger partial charge in [-0.1, -0.05) is 39.2 Å². The van der Waals surface area contributed by atoms with E-state index >= 15 is 0 Å². The molecule has 2 rings (SSSR count). The molecule has 100 valence electrons. The molecule has 0 bridgehead atoms. The second-order valence-electron chi connectivity index (χ2n) is 5.71. The Morgan fingerprint density at radius 2 is 2.06 bits per heavy atom. The van der Waals surface area contributed by atoms with Crippen molar-refractivity contribution in [2.45, 2.75) is 58.4 Å². The van der Waals surface area contributed by atoms with Crippen LogP contribution in [0, 0.1) is 5.92 Å². The molecule has 2 atom stereocenters. The van der Waals surface area contributed by atoms with Crippen LogP contribution < -0.4 is 4.90 Å². The zero-order valence-electron chi connectivity index (χ0n) is 12.0. The lowest BCUT2D eigenvalue weighted by Crippen LogP contribution is -2.39. The highest BCUT2D eigenvalue weighted by molar-refractivity contribution is 5.40. The third-order valence-electron chi connectivity index (χ3n) is 4.27. The molecular formula is C16H26N2. The molecular weight excluding hydrogens is 220 g/mol. The molecule has 0 amide bonds. The maximum absolute atomic E-state index is 4.63. The largest absolute Gasteiger partial charge is 0.356 e. The van der Waals surface area contributed by atoms with E-state index in [1.165, 1.54) is 37.7 Å². The Balaban J connectivity index is 2.05. The first-order valence-corrected chi connectivity index (χ1v) is 7.40. The van der Waals surface area contributed by atoms with Crippen LogP contribution in [0.1, 0.15) is 51.5 Å². The van der Waals surface area contributed by atoms with Gasteiger partial charge in [-0.05, 0) is 36.8 Å². The summed E-state index contributed by atoms with van der Waals surface area (Å²) in [5, 5.41) is 0. The molecule has 2 unspecified atom stereocenters. The van der Waals surface area contributed by atoms with Crippen molar-refractivity contribution in [2.75, 3.05) is 11.9 Å². The summed E-state index contributed by atoms with van der Waals surface area (Å²) in [5.74, 6) is 1.93. The highest BCUT2D eigenvalue weighted by atomic mass is 15.2. The van der Waals surface area contributed by atoms with Crippen molar-refractivity contribution in [3.63, 3.8) is 0 Å². The summed E-state index contributed by atoms with van der Waals surface area (Å²) in [6, 6.07) is 5.09. The van der Waals surface area contributed by atoms with Crippen molar-refractivity contribution in [3.8, 4) is 0 Å². The van der Waals surface area contributed by atoms with Crippen LogP contribution in [0.15, 0.2) is 18.3 Å². The Morgan fingerprint density at radius 3 is 2.67 bits per heavy atom. The lowest BCUT2D eigenvalue weighted by Gasteiger charge is -2.37. The maximum Gasteiger partial charge on any atom is 0.128 e. The average molecular weight is 246 g/mol. The first kappa shape index (κ1) is 13.4. The monoisotopic (exact) mass is 246 g/mol. The van der Waals surface area contributed by atoms with Gasteiger partial charge in [0, 0.05) is 19.3 Å². The summed E-state index contributed by atoms with van der Waals surface area (Å²) in [6.07, 6.45) is 9.82. The summed E-state index contributed by atoms with van der Waals surface area (Å²) in [5.41, 5.74) is 1.35. The molecule has 0 saturated heterocycles. The number of nitrogens with zero attached hydrogens (tertiary/aromatic N) is 2. The van der Waals surface area contributed by atoms with Crippen molar-refractivity contribution in [1.29, 1.82) is 0 Å². The smallest absolute Gasteiger partial charge is 0.128 e. The second-order valence-corrected chi connectivity index (χ2v) is 5.71. The van der Waals surface area contributed by atoms with Gasteiger partial charge in [0.05, 0.1) is 0 Å². The van der Waals surface area contributed by atoms with E-state index in [-0.39, 0.29) is 0 Å². The van der Waals surface area contributed by atoms with E-state index in [2.05, 4.69) is 42.9 Å². The van der Waals surface area contributed by atoms with E-state index < -0.39 is 0 Å². The zero-order valence-corrected chi connectivity index (χ0v) is 12.0. The minimum Gasteiger partial charge on any atom is -0.356 e. The summed E-state index contributed by atoms with van der Waals surface area (Å²) >= 11 is 0. The predicted octanol–water partition coefficient (Wildman–Crippen LogP) is 4.05. The Labute approximate surface area is 111 Å². The van der Waals surface area contributed by atoms with Gasteiger partial charge < -0.3 is 4.90 Å². The fraction of sp³-hybridized carbons (Fsp3) is 0.688. The minimum absolute atomic E-state index is 0.670. The molecule has 1 fully saturated rings. The van der Waals surface area contributed by atoms with Gasteiger partial charge in [0.1, 0.15) is 5.82 Å². The summed E-state index contributed by atoms with van der Waals surface area (Å²) < 4.78 is 0. The number of anilines is 1. The lowest BCUT2D eigenvalue weighted by atomic mass is 9.85. The molecule has 0 aliphatic heterocycles. The Kier molecular flexibility index (Phi) is 4.62. The van der Waals surface area contributed by atoms with E-state index in [1.807, 2.05) is 6.20 Å². The van der Waals surface area contributed by atoms with E-state index in [0.29, 0.717) is 6.04 Å². The molecule has 1 aliphatic carbocycles. The van der Waals surface area contributed by atoms with Crippen molar-refractivity contribution < 1.29 is 0 Å². The molecule has 1 aromatic heterocycles. The maximum atomic E-state index is 4.63. The molecule has 1 aliphatic rings. The van der Waals surface area contributed by atoms with Crippen LogP contribution in [0.3, 0.4) is 0 Å². The van der Waals surface area contributed by atoms with Gasteiger partial charge in [0.15, 0.2) is 0 Å². The minimum atomic E-state index is 0.670. The van der Waals surface area contributed by atoms with E-state index in [4.69, 9.17) is 0 Å². The third kappa shape index (κ3) is 3.04. The number of aromatic nitrogens is 1. The average Bonchev–Trinajstić information content (AvgIpc) is 2.40. The van der Waals surface area contributed by atoms with E-state index in [1.54, 1.807) is 0 Å². The van der Waals surface area contributed by atoms with Gasteiger partial charge in [-0.15, -0.1) is 0 Å². The topological polar surface area (TPSA) is 16.1 Å². The SMILES string of the molecule is CCCc1ccc(N(C)C2CCCCC2C)nc1. The van der Waals surface area contributed by atoms with Gasteiger partial charge in [-0.25, -0.2) is 4.98 Å². The number of pyridine rings is 1. The zero-order chi connectivity index (χ0) is 13.0. The highest BCUT2D eigenvalue weighted by Crippen LogP contribution is 2.29.